The SMILES string of the molecule is O=P(c1ccccc1)(c1ccccc1)c1cccc(-c2nc3cc(N(c4ccccc4)c4ccccc4)ccc3c3c2ccc2ccccc23)c1. The van der Waals surface area contributed by atoms with Crippen molar-refractivity contribution in [2.45, 2.75) is 0 Å². The van der Waals surface area contributed by atoms with E-state index in [0.29, 0.717) is 0 Å². The second-order valence-corrected chi connectivity index (χ2v) is 15.5. The Bertz CT molecular complexity index is 2630. The van der Waals surface area contributed by atoms with E-state index in [2.05, 4.69) is 120 Å². The monoisotopic (exact) mass is 672 g/mol. The molecule has 0 spiro atoms. The van der Waals surface area contributed by atoms with Crippen LogP contribution in [0.15, 0.2) is 200 Å². The minimum absolute atomic E-state index is 0.779. The van der Waals surface area contributed by atoms with Gasteiger partial charge >= 0.3 is 0 Å². The fourth-order valence-corrected chi connectivity index (χ4v) is 9.99. The van der Waals surface area contributed by atoms with E-state index >= 15 is 4.57 Å². The Morgan fingerprint density at radius 3 is 1.61 bits per heavy atom. The third-order valence-corrected chi connectivity index (χ3v) is 12.7. The fourth-order valence-electron chi connectivity index (χ4n) is 7.30. The van der Waals surface area contributed by atoms with Crippen molar-refractivity contribution in [3.8, 4) is 11.3 Å². The second-order valence-electron chi connectivity index (χ2n) is 12.7. The van der Waals surface area contributed by atoms with Crippen LogP contribution in [0, 0.1) is 0 Å². The van der Waals surface area contributed by atoms with Crippen molar-refractivity contribution in [3.63, 3.8) is 0 Å². The molecule has 0 atom stereocenters. The Hall–Kier alpha value is -6.28. The summed E-state index contributed by atoms with van der Waals surface area (Å²) in [5.74, 6) is 0. The first-order chi connectivity index (χ1) is 25.2. The third-order valence-electron chi connectivity index (χ3n) is 9.68. The summed E-state index contributed by atoms with van der Waals surface area (Å²) >= 11 is 0. The van der Waals surface area contributed by atoms with Crippen LogP contribution < -0.4 is 20.8 Å². The molecule has 9 rings (SSSR count). The summed E-state index contributed by atoms with van der Waals surface area (Å²) in [4.78, 5) is 7.73. The zero-order valence-electron chi connectivity index (χ0n) is 27.8. The maximum absolute atomic E-state index is 15.4. The molecule has 1 aromatic heterocycles. The highest BCUT2D eigenvalue weighted by atomic mass is 31.2. The molecule has 0 unspecified atom stereocenters. The van der Waals surface area contributed by atoms with Gasteiger partial charge in [0, 0.05) is 54.7 Å². The van der Waals surface area contributed by atoms with Gasteiger partial charge in [0.05, 0.1) is 11.2 Å². The molecule has 0 aliphatic heterocycles. The summed E-state index contributed by atoms with van der Waals surface area (Å²) < 4.78 is 15.4. The van der Waals surface area contributed by atoms with Crippen molar-refractivity contribution in [1.29, 1.82) is 0 Å². The first-order valence-corrected chi connectivity index (χ1v) is 18.9. The molecule has 0 fully saturated rings. The van der Waals surface area contributed by atoms with Gasteiger partial charge in [0.15, 0.2) is 7.14 Å². The van der Waals surface area contributed by atoms with E-state index in [0.717, 1.165) is 65.9 Å². The molecule has 1 heterocycles. The quantitative estimate of drug-likeness (QED) is 0.125. The lowest BCUT2D eigenvalue weighted by Crippen LogP contribution is -2.25. The van der Waals surface area contributed by atoms with Gasteiger partial charge in [0.25, 0.3) is 0 Å². The largest absolute Gasteiger partial charge is 0.310 e. The first-order valence-electron chi connectivity index (χ1n) is 17.2. The van der Waals surface area contributed by atoms with Crippen molar-refractivity contribution in [1.82, 2.24) is 4.98 Å². The van der Waals surface area contributed by atoms with Crippen molar-refractivity contribution in [3.05, 3.63) is 200 Å². The molecule has 0 bridgehead atoms. The predicted octanol–water partition coefficient (Wildman–Crippen LogP) is 11.3. The number of hydrogen-bond donors (Lipinski definition) is 0. The molecule has 0 radical (unpaired) electrons. The summed E-state index contributed by atoms with van der Waals surface area (Å²) in [7, 11) is -3.19. The van der Waals surface area contributed by atoms with Crippen LogP contribution >= 0.6 is 7.14 Å². The van der Waals surface area contributed by atoms with Gasteiger partial charge in [0.2, 0.25) is 0 Å². The van der Waals surface area contributed by atoms with Gasteiger partial charge in [-0.15, -0.1) is 0 Å². The van der Waals surface area contributed by atoms with Gasteiger partial charge in [-0.05, 0) is 53.2 Å². The van der Waals surface area contributed by atoms with Crippen LogP contribution in [0.4, 0.5) is 17.1 Å². The van der Waals surface area contributed by atoms with E-state index in [-0.39, 0.29) is 0 Å². The van der Waals surface area contributed by atoms with E-state index in [1.165, 1.54) is 10.8 Å². The lowest BCUT2D eigenvalue weighted by Gasteiger charge is -2.26. The normalized spacial score (nSPS) is 11.6. The molecule has 8 aromatic carbocycles. The van der Waals surface area contributed by atoms with E-state index in [9.17, 15) is 0 Å². The Labute approximate surface area is 297 Å². The second kappa shape index (κ2) is 12.9. The predicted molar refractivity (Wildman–Crippen MR) is 216 cm³/mol. The molecule has 9 aromatic rings. The average Bonchev–Trinajstić information content (AvgIpc) is 3.21. The van der Waals surface area contributed by atoms with Crippen LogP contribution in [0.25, 0.3) is 43.7 Å². The van der Waals surface area contributed by atoms with Gasteiger partial charge in [-0.25, -0.2) is 4.98 Å². The number of para-hydroxylation sites is 2. The molecule has 51 heavy (non-hydrogen) atoms. The molecule has 4 heteroatoms. The highest BCUT2D eigenvalue weighted by molar-refractivity contribution is 7.85. The average molecular weight is 673 g/mol. The fraction of sp³-hybridized carbons (Fsp3) is 0. The summed E-state index contributed by atoms with van der Waals surface area (Å²) in [6.45, 7) is 0. The Kier molecular flexibility index (Phi) is 7.76. The Morgan fingerprint density at radius 2 is 0.961 bits per heavy atom. The number of anilines is 3. The lowest BCUT2D eigenvalue weighted by atomic mass is 9.95. The number of pyridine rings is 1. The highest BCUT2D eigenvalue weighted by Crippen LogP contribution is 2.44. The van der Waals surface area contributed by atoms with Crippen molar-refractivity contribution in [2.75, 3.05) is 4.90 Å². The van der Waals surface area contributed by atoms with Gasteiger partial charge in [-0.3, -0.25) is 0 Å². The number of benzene rings is 8. The van der Waals surface area contributed by atoms with Crippen LogP contribution in [0.2, 0.25) is 0 Å². The van der Waals surface area contributed by atoms with Crippen LogP contribution in [0.5, 0.6) is 0 Å². The molecule has 0 aliphatic rings. The number of nitrogens with zero attached hydrogens (tertiary/aromatic N) is 2. The molecule has 0 aliphatic carbocycles. The standard InChI is InChI=1S/C47H33N2OP/c50-51(39-22-9-3-10-23-39,40-24-11-4-12-25-40)41-26-15-17-35(32-41)47-44-30-28-34-16-13-14-27-42(34)46(44)43-31-29-38(33-45(43)48-47)49(36-18-5-1-6-19-36)37-20-7-2-8-21-37/h1-33H. The summed E-state index contributed by atoms with van der Waals surface area (Å²) in [6.07, 6.45) is 0. The first kappa shape index (κ1) is 30.8. The van der Waals surface area contributed by atoms with Crippen LogP contribution in [-0.4, -0.2) is 4.98 Å². The zero-order valence-corrected chi connectivity index (χ0v) is 28.7. The molecule has 0 saturated heterocycles. The molecule has 3 nitrogen and oxygen atoms in total. The van der Waals surface area contributed by atoms with Gasteiger partial charge in [0.1, 0.15) is 0 Å². The van der Waals surface area contributed by atoms with Crippen LogP contribution in [0.3, 0.4) is 0 Å². The highest BCUT2D eigenvalue weighted by Gasteiger charge is 2.30. The lowest BCUT2D eigenvalue weighted by molar-refractivity contribution is 0.592. The summed E-state index contributed by atoms with van der Waals surface area (Å²) in [5, 5.41) is 8.05. The van der Waals surface area contributed by atoms with Crippen molar-refractivity contribution >= 4 is 72.6 Å². The van der Waals surface area contributed by atoms with Crippen LogP contribution in [0.1, 0.15) is 0 Å². The zero-order chi connectivity index (χ0) is 34.2. The van der Waals surface area contributed by atoms with Crippen molar-refractivity contribution in [2.24, 2.45) is 0 Å². The molecule has 242 valence electrons. The third kappa shape index (κ3) is 5.40. The smallest absolute Gasteiger partial charge is 0.171 e. The number of hydrogen-bond acceptors (Lipinski definition) is 3. The number of aromatic nitrogens is 1. The van der Waals surface area contributed by atoms with E-state index < -0.39 is 7.14 Å². The number of rotatable bonds is 7. The van der Waals surface area contributed by atoms with E-state index in [1.54, 1.807) is 0 Å². The molecule has 0 saturated carbocycles. The van der Waals surface area contributed by atoms with Crippen molar-refractivity contribution < 1.29 is 4.57 Å². The maximum Gasteiger partial charge on any atom is 0.171 e. The molecular formula is C47H33N2OP. The van der Waals surface area contributed by atoms with Crippen LogP contribution in [-0.2, 0) is 4.57 Å². The molecular weight excluding hydrogens is 640 g/mol. The topological polar surface area (TPSA) is 33.2 Å². The minimum atomic E-state index is -3.19. The van der Waals surface area contributed by atoms with Gasteiger partial charge in [-0.1, -0.05) is 158 Å². The van der Waals surface area contributed by atoms with E-state index in [1.807, 2.05) is 84.9 Å². The maximum atomic E-state index is 15.4. The number of fused-ring (bicyclic) bond motifs is 5. The van der Waals surface area contributed by atoms with Gasteiger partial charge < -0.3 is 9.46 Å². The minimum Gasteiger partial charge on any atom is -0.310 e. The Balaban J connectivity index is 1.31. The Morgan fingerprint density at radius 1 is 0.412 bits per heavy atom. The molecule has 0 amide bonds. The summed E-state index contributed by atoms with van der Waals surface area (Å²) in [6, 6.07) is 68.3. The molecule has 0 N–H and O–H groups in total. The van der Waals surface area contributed by atoms with Gasteiger partial charge in [-0.2, -0.15) is 0 Å². The summed E-state index contributed by atoms with van der Waals surface area (Å²) in [5.41, 5.74) is 5.84. The van der Waals surface area contributed by atoms with E-state index in [4.69, 9.17) is 4.98 Å².